The molecule has 1 aliphatic heterocycles. The van der Waals surface area contributed by atoms with Crippen molar-refractivity contribution in [3.63, 3.8) is 0 Å². The number of carbonyl (C=O) groups is 1. The molecule has 0 aromatic heterocycles. The molecule has 1 rings (SSSR count). The number of carbonyl (C=O) groups excluding carboxylic acids is 1. The van der Waals surface area contributed by atoms with Gasteiger partial charge in [0.15, 0.2) is 0 Å². The van der Waals surface area contributed by atoms with E-state index >= 15 is 0 Å². The van der Waals surface area contributed by atoms with E-state index in [-0.39, 0.29) is 11.3 Å². The molecule has 1 saturated heterocycles. The van der Waals surface area contributed by atoms with E-state index in [4.69, 9.17) is 11.6 Å². The standard InChI is InChI=1S/C13H24ClNO/c1-3-5-6-11(4-2)13(16)15-9-7-12(14)8-10-15/h11-12H,3-10H2,1-2H3. The third kappa shape index (κ3) is 3.97. The Morgan fingerprint density at radius 3 is 2.50 bits per heavy atom. The second kappa shape index (κ2) is 7.16. The number of hydrogen-bond donors (Lipinski definition) is 0. The van der Waals surface area contributed by atoms with E-state index < -0.39 is 0 Å². The van der Waals surface area contributed by atoms with Crippen molar-refractivity contribution >= 4 is 17.5 Å². The van der Waals surface area contributed by atoms with E-state index in [0.29, 0.717) is 5.91 Å². The summed E-state index contributed by atoms with van der Waals surface area (Å²) in [4.78, 5) is 14.2. The first-order chi connectivity index (χ1) is 7.69. The molecule has 0 aliphatic carbocycles. The Labute approximate surface area is 104 Å². The molecule has 0 aromatic carbocycles. The number of halogens is 1. The van der Waals surface area contributed by atoms with Gasteiger partial charge in [-0.1, -0.05) is 26.7 Å². The molecule has 0 saturated carbocycles. The minimum Gasteiger partial charge on any atom is -0.342 e. The highest BCUT2D eigenvalue weighted by atomic mass is 35.5. The fourth-order valence-corrected chi connectivity index (χ4v) is 2.47. The fraction of sp³-hybridized carbons (Fsp3) is 0.923. The second-order valence-electron chi connectivity index (χ2n) is 4.75. The van der Waals surface area contributed by atoms with Crippen LogP contribution in [0.3, 0.4) is 0 Å². The molecule has 2 nitrogen and oxygen atoms in total. The Kier molecular flexibility index (Phi) is 6.18. The fourth-order valence-electron chi connectivity index (χ4n) is 2.28. The van der Waals surface area contributed by atoms with E-state index in [9.17, 15) is 4.79 Å². The topological polar surface area (TPSA) is 20.3 Å². The predicted octanol–water partition coefficient (Wildman–Crippen LogP) is 3.43. The van der Waals surface area contributed by atoms with E-state index in [1.165, 1.54) is 6.42 Å². The van der Waals surface area contributed by atoms with Gasteiger partial charge in [0.05, 0.1) is 0 Å². The maximum Gasteiger partial charge on any atom is 0.225 e. The van der Waals surface area contributed by atoms with Crippen LogP contribution >= 0.6 is 11.6 Å². The van der Waals surface area contributed by atoms with Gasteiger partial charge >= 0.3 is 0 Å². The van der Waals surface area contributed by atoms with Crippen LogP contribution in [0.15, 0.2) is 0 Å². The summed E-state index contributed by atoms with van der Waals surface area (Å²) in [5, 5.41) is 0.278. The predicted molar refractivity (Wildman–Crippen MR) is 68.8 cm³/mol. The van der Waals surface area contributed by atoms with Crippen molar-refractivity contribution in [2.75, 3.05) is 13.1 Å². The van der Waals surface area contributed by atoms with Crippen molar-refractivity contribution < 1.29 is 4.79 Å². The third-order valence-corrected chi connectivity index (χ3v) is 3.92. The number of rotatable bonds is 5. The lowest BCUT2D eigenvalue weighted by Gasteiger charge is -2.32. The van der Waals surface area contributed by atoms with Gasteiger partial charge in [-0.25, -0.2) is 0 Å². The van der Waals surface area contributed by atoms with Gasteiger partial charge in [0.25, 0.3) is 0 Å². The highest BCUT2D eigenvalue weighted by Gasteiger charge is 2.26. The zero-order valence-corrected chi connectivity index (χ0v) is 11.3. The number of unbranched alkanes of at least 4 members (excludes halogenated alkanes) is 1. The molecular weight excluding hydrogens is 222 g/mol. The molecule has 0 N–H and O–H groups in total. The summed E-state index contributed by atoms with van der Waals surface area (Å²) >= 11 is 6.05. The lowest BCUT2D eigenvalue weighted by atomic mass is 9.96. The molecule has 1 unspecified atom stereocenters. The largest absolute Gasteiger partial charge is 0.342 e. The van der Waals surface area contributed by atoms with Crippen LogP contribution in [0.5, 0.6) is 0 Å². The van der Waals surface area contributed by atoms with Crippen molar-refractivity contribution in [1.29, 1.82) is 0 Å². The molecule has 1 amide bonds. The summed E-state index contributed by atoms with van der Waals surface area (Å²) in [5.41, 5.74) is 0. The van der Waals surface area contributed by atoms with Gasteiger partial charge < -0.3 is 4.90 Å². The first kappa shape index (κ1) is 13.8. The number of likely N-dealkylation sites (tertiary alicyclic amines) is 1. The van der Waals surface area contributed by atoms with Gasteiger partial charge in [-0.05, 0) is 25.7 Å². The average Bonchev–Trinajstić information content (AvgIpc) is 2.30. The molecule has 3 heteroatoms. The molecule has 1 atom stereocenters. The van der Waals surface area contributed by atoms with Gasteiger partial charge in [-0.2, -0.15) is 0 Å². The number of piperidine rings is 1. The van der Waals surface area contributed by atoms with Crippen LogP contribution in [-0.4, -0.2) is 29.3 Å². The SMILES string of the molecule is CCCCC(CC)C(=O)N1CCC(Cl)CC1. The summed E-state index contributed by atoms with van der Waals surface area (Å²) in [6.07, 6.45) is 6.27. The van der Waals surface area contributed by atoms with Gasteiger partial charge in [0.2, 0.25) is 5.91 Å². The minimum absolute atomic E-state index is 0.242. The molecule has 0 radical (unpaired) electrons. The second-order valence-corrected chi connectivity index (χ2v) is 5.36. The van der Waals surface area contributed by atoms with Crippen molar-refractivity contribution in [2.24, 2.45) is 5.92 Å². The molecule has 0 spiro atoms. The van der Waals surface area contributed by atoms with Gasteiger partial charge in [0, 0.05) is 24.4 Å². The first-order valence-corrected chi connectivity index (χ1v) is 7.05. The number of nitrogens with zero attached hydrogens (tertiary/aromatic N) is 1. The van der Waals surface area contributed by atoms with Crippen LogP contribution in [0.2, 0.25) is 0 Å². The van der Waals surface area contributed by atoms with Crippen LogP contribution < -0.4 is 0 Å². The molecule has 94 valence electrons. The zero-order chi connectivity index (χ0) is 12.0. The highest BCUT2D eigenvalue weighted by molar-refractivity contribution is 6.20. The van der Waals surface area contributed by atoms with Crippen LogP contribution in [-0.2, 0) is 4.79 Å². The lowest BCUT2D eigenvalue weighted by molar-refractivity contribution is -0.136. The van der Waals surface area contributed by atoms with Gasteiger partial charge in [-0.15, -0.1) is 11.6 Å². The number of alkyl halides is 1. The Morgan fingerprint density at radius 1 is 1.38 bits per heavy atom. The van der Waals surface area contributed by atoms with Crippen LogP contribution in [0.25, 0.3) is 0 Å². The van der Waals surface area contributed by atoms with Crippen molar-refractivity contribution in [2.45, 2.75) is 57.7 Å². The van der Waals surface area contributed by atoms with E-state index in [2.05, 4.69) is 13.8 Å². The molecule has 16 heavy (non-hydrogen) atoms. The quantitative estimate of drug-likeness (QED) is 0.680. The van der Waals surface area contributed by atoms with Crippen LogP contribution in [0.4, 0.5) is 0 Å². The zero-order valence-electron chi connectivity index (χ0n) is 10.5. The molecular formula is C13H24ClNO. The average molecular weight is 246 g/mol. The van der Waals surface area contributed by atoms with E-state index in [0.717, 1.165) is 45.2 Å². The molecule has 0 bridgehead atoms. The maximum atomic E-state index is 12.2. The van der Waals surface area contributed by atoms with Crippen LogP contribution in [0, 0.1) is 5.92 Å². The normalized spacial score (nSPS) is 19.8. The third-order valence-electron chi connectivity index (χ3n) is 3.48. The van der Waals surface area contributed by atoms with Crippen molar-refractivity contribution in [1.82, 2.24) is 4.90 Å². The van der Waals surface area contributed by atoms with E-state index in [1.807, 2.05) is 4.90 Å². The molecule has 1 fully saturated rings. The van der Waals surface area contributed by atoms with Crippen LogP contribution in [0.1, 0.15) is 52.4 Å². The summed E-state index contributed by atoms with van der Waals surface area (Å²) in [7, 11) is 0. The highest BCUT2D eigenvalue weighted by Crippen LogP contribution is 2.21. The van der Waals surface area contributed by atoms with Gasteiger partial charge in [0.1, 0.15) is 0 Å². The summed E-state index contributed by atoms with van der Waals surface area (Å²) in [6, 6.07) is 0. The Balaban J connectivity index is 2.41. The molecule has 1 aliphatic rings. The Bertz CT molecular complexity index is 205. The number of hydrogen-bond acceptors (Lipinski definition) is 1. The molecule has 0 aromatic rings. The first-order valence-electron chi connectivity index (χ1n) is 6.61. The Hall–Kier alpha value is -0.240. The maximum absolute atomic E-state index is 12.2. The number of amides is 1. The smallest absolute Gasteiger partial charge is 0.225 e. The van der Waals surface area contributed by atoms with Crippen molar-refractivity contribution in [3.8, 4) is 0 Å². The minimum atomic E-state index is 0.242. The monoisotopic (exact) mass is 245 g/mol. The summed E-state index contributed by atoms with van der Waals surface area (Å²) < 4.78 is 0. The van der Waals surface area contributed by atoms with Gasteiger partial charge in [-0.3, -0.25) is 4.79 Å². The lowest BCUT2D eigenvalue weighted by Crippen LogP contribution is -2.42. The Morgan fingerprint density at radius 2 is 2.00 bits per heavy atom. The summed E-state index contributed by atoms with van der Waals surface area (Å²) in [6.45, 7) is 6.01. The molecule has 1 heterocycles. The van der Waals surface area contributed by atoms with E-state index in [1.54, 1.807) is 0 Å². The van der Waals surface area contributed by atoms with Crippen molar-refractivity contribution in [3.05, 3.63) is 0 Å². The summed E-state index contributed by atoms with van der Waals surface area (Å²) in [5.74, 6) is 0.603.